The van der Waals surface area contributed by atoms with Crippen LogP contribution in [0.25, 0.3) is 22.3 Å². The third kappa shape index (κ3) is 4.77. The van der Waals surface area contributed by atoms with E-state index in [9.17, 15) is 10.1 Å². The van der Waals surface area contributed by atoms with E-state index in [2.05, 4.69) is 38.3 Å². The number of nitriles is 1. The van der Waals surface area contributed by atoms with Gasteiger partial charge in [-0.05, 0) is 43.0 Å². The molecule has 4 aromatic rings. The lowest BCUT2D eigenvalue weighted by molar-refractivity contribution is -0.111. The van der Waals surface area contributed by atoms with Gasteiger partial charge in [0.1, 0.15) is 11.3 Å². The van der Waals surface area contributed by atoms with Gasteiger partial charge in [0, 0.05) is 34.9 Å². The van der Waals surface area contributed by atoms with Crippen molar-refractivity contribution in [3.05, 3.63) is 61.7 Å². The molecule has 1 amide bonds. The number of hydrogen-bond donors (Lipinski definition) is 3. The molecule has 1 aromatic carbocycles. The highest BCUT2D eigenvalue weighted by Crippen LogP contribution is 2.37. The number of nitrogens with zero attached hydrogens (tertiary/aromatic N) is 5. The fourth-order valence-electron chi connectivity index (χ4n) is 4.76. The summed E-state index contributed by atoms with van der Waals surface area (Å²) in [7, 11) is 0. The third-order valence-electron chi connectivity index (χ3n) is 6.47. The molecule has 1 atom stereocenters. The quantitative estimate of drug-likeness (QED) is 0.301. The van der Waals surface area contributed by atoms with Gasteiger partial charge in [-0.2, -0.15) is 10.4 Å². The highest BCUT2D eigenvalue weighted by Gasteiger charge is 2.27. The molecular weight excluding hydrogens is 440 g/mol. The van der Waals surface area contributed by atoms with Gasteiger partial charge < -0.3 is 15.6 Å². The summed E-state index contributed by atoms with van der Waals surface area (Å²) in [5, 5.41) is 20.0. The summed E-state index contributed by atoms with van der Waals surface area (Å²) < 4.78 is 1.95. The average molecular weight is 467 g/mol. The maximum Gasteiger partial charge on any atom is 0.247 e. The smallest absolute Gasteiger partial charge is 0.247 e. The van der Waals surface area contributed by atoms with Crippen LogP contribution in [-0.4, -0.2) is 30.6 Å². The summed E-state index contributed by atoms with van der Waals surface area (Å²) in [4.78, 5) is 24.1. The van der Waals surface area contributed by atoms with E-state index in [1.165, 1.54) is 18.9 Å². The molecule has 1 aliphatic carbocycles. The fourth-order valence-corrected chi connectivity index (χ4v) is 4.76. The normalized spacial score (nSPS) is 14.5. The Bertz CT molecular complexity index is 1410. The third-order valence-corrected chi connectivity index (χ3v) is 6.47. The molecule has 9 nitrogen and oxygen atoms in total. The number of hydrogen-bond acceptors (Lipinski definition) is 6. The zero-order chi connectivity index (χ0) is 24.2. The van der Waals surface area contributed by atoms with Crippen molar-refractivity contribution in [2.24, 2.45) is 5.92 Å². The van der Waals surface area contributed by atoms with Crippen LogP contribution in [0.5, 0.6) is 0 Å². The predicted octanol–water partition coefficient (Wildman–Crippen LogP) is 5.33. The van der Waals surface area contributed by atoms with Crippen LogP contribution in [0.3, 0.4) is 0 Å². The first kappa shape index (κ1) is 22.3. The number of aromatic amines is 1. The van der Waals surface area contributed by atoms with Crippen molar-refractivity contribution in [1.82, 2.24) is 24.7 Å². The molecule has 0 radical (unpaired) electrons. The summed E-state index contributed by atoms with van der Waals surface area (Å²) in [6.45, 7) is 3.48. The van der Waals surface area contributed by atoms with Gasteiger partial charge in [0.05, 0.1) is 30.9 Å². The Labute approximate surface area is 202 Å². The van der Waals surface area contributed by atoms with Crippen molar-refractivity contribution in [3.63, 3.8) is 0 Å². The number of fused-ring (bicyclic) bond motifs is 1. The fraction of sp³-hybridized carbons (Fsp3) is 0.269. The molecule has 1 fully saturated rings. The molecule has 3 heterocycles. The summed E-state index contributed by atoms with van der Waals surface area (Å²) >= 11 is 0. The van der Waals surface area contributed by atoms with E-state index >= 15 is 0 Å². The van der Waals surface area contributed by atoms with Crippen LogP contribution >= 0.6 is 0 Å². The first-order valence-corrected chi connectivity index (χ1v) is 11.7. The Morgan fingerprint density at radius 2 is 2.14 bits per heavy atom. The number of carbonyl (C=O) groups excluding carboxylic acids is 1. The number of aromatic nitrogens is 5. The molecular formula is C26H26N8O. The number of H-pyrrole nitrogens is 1. The van der Waals surface area contributed by atoms with Gasteiger partial charge >= 0.3 is 0 Å². The number of rotatable bonds is 8. The van der Waals surface area contributed by atoms with E-state index in [-0.39, 0.29) is 11.9 Å². The molecule has 1 saturated carbocycles. The topological polar surface area (TPSA) is 124 Å². The van der Waals surface area contributed by atoms with Gasteiger partial charge in [-0.15, -0.1) is 0 Å². The van der Waals surface area contributed by atoms with Crippen molar-refractivity contribution in [2.45, 2.75) is 38.1 Å². The van der Waals surface area contributed by atoms with E-state index in [1.54, 1.807) is 12.3 Å². The summed E-state index contributed by atoms with van der Waals surface area (Å²) in [5.74, 6) is 0.796. The lowest BCUT2D eigenvalue weighted by atomic mass is 9.96. The molecule has 0 saturated heterocycles. The van der Waals surface area contributed by atoms with E-state index in [0.29, 0.717) is 29.5 Å². The van der Waals surface area contributed by atoms with E-state index in [4.69, 9.17) is 4.98 Å². The van der Waals surface area contributed by atoms with Gasteiger partial charge in [-0.1, -0.05) is 25.5 Å². The SMILES string of the molecule is C=CC(=O)Nc1cccc(Nc2cnc3[nH]cc(-c4cnn(C(CC#N)C5CCCC5)c4)c3n2)c1. The van der Waals surface area contributed by atoms with Crippen LogP contribution in [-0.2, 0) is 4.79 Å². The van der Waals surface area contributed by atoms with Crippen LogP contribution in [0.15, 0.2) is 61.7 Å². The largest absolute Gasteiger partial charge is 0.344 e. The highest BCUT2D eigenvalue weighted by molar-refractivity contribution is 5.99. The molecule has 1 unspecified atom stereocenters. The van der Waals surface area contributed by atoms with Crippen LogP contribution < -0.4 is 10.6 Å². The maximum absolute atomic E-state index is 11.6. The van der Waals surface area contributed by atoms with Crippen LogP contribution in [0.1, 0.15) is 38.1 Å². The number of benzene rings is 1. The molecule has 0 aliphatic heterocycles. The van der Waals surface area contributed by atoms with Crippen LogP contribution in [0.4, 0.5) is 17.2 Å². The average Bonchev–Trinajstić information content (AvgIpc) is 3.63. The number of nitrogens with one attached hydrogen (secondary N) is 3. The first-order valence-electron chi connectivity index (χ1n) is 11.7. The van der Waals surface area contributed by atoms with Crippen LogP contribution in [0.2, 0.25) is 0 Å². The second-order valence-corrected chi connectivity index (χ2v) is 8.74. The number of amides is 1. The molecule has 176 valence electrons. The number of carbonyl (C=O) groups is 1. The van der Waals surface area contributed by atoms with Gasteiger partial charge in [0.15, 0.2) is 5.65 Å². The predicted molar refractivity (Wildman–Crippen MR) is 135 cm³/mol. The van der Waals surface area contributed by atoms with Crippen molar-refractivity contribution < 1.29 is 4.79 Å². The van der Waals surface area contributed by atoms with Gasteiger partial charge in [0.25, 0.3) is 0 Å². The minimum absolute atomic E-state index is 0.0959. The minimum atomic E-state index is -0.272. The Kier molecular flexibility index (Phi) is 6.26. The summed E-state index contributed by atoms with van der Waals surface area (Å²) in [6, 6.07) is 9.77. The van der Waals surface area contributed by atoms with Crippen molar-refractivity contribution in [2.75, 3.05) is 10.6 Å². The van der Waals surface area contributed by atoms with Crippen LogP contribution in [0, 0.1) is 17.2 Å². The summed E-state index contributed by atoms with van der Waals surface area (Å²) in [5.41, 5.74) is 4.64. The Morgan fingerprint density at radius 3 is 2.94 bits per heavy atom. The van der Waals surface area contributed by atoms with Crippen molar-refractivity contribution in [3.8, 4) is 17.2 Å². The Hall–Kier alpha value is -4.45. The van der Waals surface area contributed by atoms with Crippen molar-refractivity contribution >= 4 is 34.3 Å². The first-order chi connectivity index (χ1) is 17.1. The Morgan fingerprint density at radius 1 is 1.31 bits per heavy atom. The standard InChI is InChI=1S/C26H26N8O/c1-2-24(35)32-20-9-5-8-19(12-20)31-23-15-29-26-25(33-23)21(14-28-26)18-13-30-34(16-18)22(10-11-27)17-6-3-4-7-17/h2,5,8-9,12-17,22H,1,3-4,6-7,10H2,(H,28,29)(H,31,33)(H,32,35). The van der Waals surface area contributed by atoms with Gasteiger partial charge in [-0.25, -0.2) is 9.97 Å². The second-order valence-electron chi connectivity index (χ2n) is 8.74. The Balaban J connectivity index is 1.40. The monoisotopic (exact) mass is 466 g/mol. The van der Waals surface area contributed by atoms with E-state index in [1.807, 2.05) is 41.5 Å². The number of anilines is 3. The zero-order valence-corrected chi connectivity index (χ0v) is 19.2. The molecule has 5 rings (SSSR count). The minimum Gasteiger partial charge on any atom is -0.344 e. The van der Waals surface area contributed by atoms with Gasteiger partial charge in [-0.3, -0.25) is 9.48 Å². The molecule has 0 bridgehead atoms. The van der Waals surface area contributed by atoms with E-state index < -0.39 is 0 Å². The lowest BCUT2D eigenvalue weighted by Crippen LogP contribution is -2.17. The zero-order valence-electron chi connectivity index (χ0n) is 19.2. The molecule has 0 spiro atoms. The molecule has 9 heteroatoms. The summed E-state index contributed by atoms with van der Waals surface area (Å²) in [6.07, 6.45) is 13.8. The van der Waals surface area contributed by atoms with E-state index in [0.717, 1.165) is 35.2 Å². The molecule has 1 aliphatic rings. The molecule has 3 aromatic heterocycles. The second kappa shape index (κ2) is 9.81. The maximum atomic E-state index is 11.6. The van der Waals surface area contributed by atoms with Gasteiger partial charge in [0.2, 0.25) is 5.91 Å². The molecule has 35 heavy (non-hydrogen) atoms. The lowest BCUT2D eigenvalue weighted by Gasteiger charge is -2.21. The highest BCUT2D eigenvalue weighted by atomic mass is 16.1. The van der Waals surface area contributed by atoms with Crippen molar-refractivity contribution in [1.29, 1.82) is 5.26 Å². The molecule has 3 N–H and O–H groups in total.